The van der Waals surface area contributed by atoms with Gasteiger partial charge in [0, 0.05) is 36.9 Å². The topological polar surface area (TPSA) is 98.8 Å². The number of amides is 2. The molecular weight excluding hydrogens is 452 g/mol. The third kappa shape index (κ3) is 6.07. The molecule has 2 amide bonds. The molecule has 0 aromatic heterocycles. The molecule has 0 spiro atoms. The molecule has 3 rings (SSSR count). The average molecular weight is 479 g/mol. The van der Waals surface area contributed by atoms with Gasteiger partial charge >= 0.3 is 0 Å². The minimum atomic E-state index is -3.59. The van der Waals surface area contributed by atoms with E-state index in [1.54, 1.807) is 12.1 Å². The summed E-state index contributed by atoms with van der Waals surface area (Å²) in [6.45, 7) is 5.28. The smallest absolute Gasteiger partial charge is 0.243 e. The number of aryl methyl sites for hydroxylation is 1. The number of carbonyl (C=O) groups is 2. The molecule has 1 fully saturated rings. The number of halogens is 1. The summed E-state index contributed by atoms with van der Waals surface area (Å²) in [4.78, 5) is 26.5. The minimum absolute atomic E-state index is 0.103. The number of nitrogens with zero attached hydrogens (tertiary/aromatic N) is 2. The van der Waals surface area contributed by atoms with Crippen LogP contribution in [0.25, 0.3) is 0 Å². The Balaban J connectivity index is 1.44. The molecule has 0 unspecified atom stereocenters. The molecule has 0 saturated carbocycles. The van der Waals surface area contributed by atoms with Crippen LogP contribution < -0.4 is 10.6 Å². The largest absolute Gasteiger partial charge is 0.346 e. The van der Waals surface area contributed by atoms with E-state index in [2.05, 4.69) is 10.6 Å². The minimum Gasteiger partial charge on any atom is -0.346 e. The molecule has 0 bridgehead atoms. The van der Waals surface area contributed by atoms with Crippen LogP contribution in [0.1, 0.15) is 11.1 Å². The first kappa shape index (κ1) is 24.2. The number of carbonyl (C=O) groups excluding carboxylic acids is 2. The summed E-state index contributed by atoms with van der Waals surface area (Å²) < 4.78 is 26.9. The third-order valence-electron chi connectivity index (χ3n) is 5.47. The molecule has 2 aromatic rings. The van der Waals surface area contributed by atoms with E-state index in [1.165, 1.54) is 16.4 Å². The van der Waals surface area contributed by atoms with Crippen molar-refractivity contribution in [1.82, 2.24) is 14.5 Å². The number of benzene rings is 2. The molecule has 0 atom stereocenters. The molecule has 0 aliphatic carbocycles. The SMILES string of the molecule is Cc1cccc(NC(=O)CNC(=O)CN2CCN(S(=O)(=O)c3ccc(Cl)cc3)CC2)c1C. The van der Waals surface area contributed by atoms with Crippen molar-refractivity contribution in [2.75, 3.05) is 44.6 Å². The lowest BCUT2D eigenvalue weighted by Gasteiger charge is -2.33. The molecule has 1 aliphatic heterocycles. The van der Waals surface area contributed by atoms with Crippen LogP contribution in [-0.4, -0.2) is 68.7 Å². The Bertz CT molecular complexity index is 1080. The zero-order valence-electron chi connectivity index (χ0n) is 18.1. The highest BCUT2D eigenvalue weighted by Gasteiger charge is 2.29. The van der Waals surface area contributed by atoms with Crippen molar-refractivity contribution >= 4 is 39.1 Å². The van der Waals surface area contributed by atoms with Gasteiger partial charge in [-0.05, 0) is 55.3 Å². The fourth-order valence-electron chi connectivity index (χ4n) is 3.40. The lowest BCUT2D eigenvalue weighted by Crippen LogP contribution is -2.51. The summed E-state index contributed by atoms with van der Waals surface area (Å²) in [7, 11) is -3.59. The number of sulfonamides is 1. The van der Waals surface area contributed by atoms with E-state index in [0.717, 1.165) is 16.8 Å². The summed E-state index contributed by atoms with van der Waals surface area (Å²) in [5.74, 6) is -0.582. The van der Waals surface area contributed by atoms with Gasteiger partial charge in [0.1, 0.15) is 0 Å². The fourth-order valence-corrected chi connectivity index (χ4v) is 4.95. The van der Waals surface area contributed by atoms with Gasteiger partial charge in [-0.15, -0.1) is 0 Å². The zero-order chi connectivity index (χ0) is 23.3. The Kier molecular flexibility index (Phi) is 7.89. The Labute approximate surface area is 193 Å². The number of anilines is 1. The summed E-state index contributed by atoms with van der Waals surface area (Å²) in [6.07, 6.45) is 0. The summed E-state index contributed by atoms with van der Waals surface area (Å²) in [5, 5.41) is 5.90. The molecule has 2 N–H and O–H groups in total. The van der Waals surface area contributed by atoms with Gasteiger partial charge < -0.3 is 10.6 Å². The molecule has 32 heavy (non-hydrogen) atoms. The summed E-state index contributed by atoms with van der Waals surface area (Å²) in [6, 6.07) is 11.7. The Hall–Kier alpha value is -2.46. The molecule has 8 nitrogen and oxygen atoms in total. The van der Waals surface area contributed by atoms with Crippen LogP contribution in [0.15, 0.2) is 47.4 Å². The lowest BCUT2D eigenvalue weighted by atomic mass is 10.1. The molecule has 2 aromatic carbocycles. The number of hydrogen-bond donors (Lipinski definition) is 2. The van der Waals surface area contributed by atoms with Crippen LogP contribution >= 0.6 is 11.6 Å². The maximum atomic E-state index is 12.7. The first-order chi connectivity index (χ1) is 15.2. The van der Waals surface area contributed by atoms with Crippen molar-refractivity contribution in [2.45, 2.75) is 18.7 Å². The first-order valence-corrected chi connectivity index (χ1v) is 12.1. The monoisotopic (exact) mass is 478 g/mol. The van der Waals surface area contributed by atoms with E-state index >= 15 is 0 Å². The second-order valence-corrected chi connectivity index (χ2v) is 10.1. The third-order valence-corrected chi connectivity index (χ3v) is 7.64. The van der Waals surface area contributed by atoms with Crippen LogP contribution in [0.3, 0.4) is 0 Å². The quantitative estimate of drug-likeness (QED) is 0.634. The van der Waals surface area contributed by atoms with E-state index in [9.17, 15) is 18.0 Å². The van der Waals surface area contributed by atoms with Crippen LogP contribution in [0.4, 0.5) is 5.69 Å². The maximum absolute atomic E-state index is 12.7. The average Bonchev–Trinajstić information content (AvgIpc) is 2.76. The fraction of sp³-hybridized carbons (Fsp3) is 0.364. The maximum Gasteiger partial charge on any atom is 0.243 e. The summed E-state index contributed by atoms with van der Waals surface area (Å²) >= 11 is 5.84. The van der Waals surface area contributed by atoms with Crippen molar-refractivity contribution in [1.29, 1.82) is 0 Å². The molecule has 1 aliphatic rings. The van der Waals surface area contributed by atoms with Gasteiger partial charge in [0.05, 0.1) is 18.0 Å². The first-order valence-electron chi connectivity index (χ1n) is 10.3. The van der Waals surface area contributed by atoms with Crippen LogP contribution in [-0.2, 0) is 19.6 Å². The van der Waals surface area contributed by atoms with E-state index in [-0.39, 0.29) is 42.9 Å². The van der Waals surface area contributed by atoms with Gasteiger partial charge in [-0.25, -0.2) is 8.42 Å². The van der Waals surface area contributed by atoms with Gasteiger partial charge in [-0.2, -0.15) is 4.31 Å². The second kappa shape index (κ2) is 10.4. The summed E-state index contributed by atoms with van der Waals surface area (Å²) in [5.41, 5.74) is 2.78. The van der Waals surface area contributed by atoms with E-state index in [0.29, 0.717) is 18.1 Å². The molecule has 10 heteroatoms. The van der Waals surface area contributed by atoms with E-state index < -0.39 is 10.0 Å². The van der Waals surface area contributed by atoms with Crippen molar-refractivity contribution in [2.24, 2.45) is 0 Å². The highest BCUT2D eigenvalue weighted by Crippen LogP contribution is 2.20. The number of piperazine rings is 1. The van der Waals surface area contributed by atoms with Crippen LogP contribution in [0.2, 0.25) is 5.02 Å². The van der Waals surface area contributed by atoms with Gasteiger partial charge in [0.25, 0.3) is 0 Å². The standard InChI is InChI=1S/C22H27ClN4O4S/c1-16-4-3-5-20(17(16)2)25-21(28)14-24-22(29)15-26-10-12-27(13-11-26)32(30,31)19-8-6-18(23)7-9-19/h3-9H,10-15H2,1-2H3,(H,24,29)(H,25,28). The number of hydrogen-bond acceptors (Lipinski definition) is 5. The number of nitrogens with one attached hydrogen (secondary N) is 2. The van der Waals surface area contributed by atoms with E-state index in [1.807, 2.05) is 36.9 Å². The van der Waals surface area contributed by atoms with Gasteiger partial charge in [0.2, 0.25) is 21.8 Å². The zero-order valence-corrected chi connectivity index (χ0v) is 19.7. The highest BCUT2D eigenvalue weighted by atomic mass is 35.5. The van der Waals surface area contributed by atoms with Gasteiger partial charge in [-0.3, -0.25) is 14.5 Å². The molecule has 0 radical (unpaired) electrons. The van der Waals surface area contributed by atoms with Gasteiger partial charge in [0.15, 0.2) is 0 Å². The molecule has 172 valence electrons. The van der Waals surface area contributed by atoms with Crippen molar-refractivity contribution in [3.63, 3.8) is 0 Å². The van der Waals surface area contributed by atoms with Crippen molar-refractivity contribution < 1.29 is 18.0 Å². The Morgan fingerprint density at radius 2 is 1.62 bits per heavy atom. The second-order valence-electron chi connectivity index (χ2n) is 7.71. The number of rotatable bonds is 7. The van der Waals surface area contributed by atoms with Crippen molar-refractivity contribution in [3.05, 3.63) is 58.6 Å². The Morgan fingerprint density at radius 3 is 2.28 bits per heavy atom. The predicted octanol–water partition coefficient (Wildman–Crippen LogP) is 2.02. The van der Waals surface area contributed by atoms with Crippen LogP contribution in [0.5, 0.6) is 0 Å². The lowest BCUT2D eigenvalue weighted by molar-refractivity contribution is -0.125. The van der Waals surface area contributed by atoms with Crippen molar-refractivity contribution in [3.8, 4) is 0 Å². The predicted molar refractivity (Wildman–Crippen MR) is 124 cm³/mol. The molecule has 1 saturated heterocycles. The normalized spacial score (nSPS) is 15.3. The van der Waals surface area contributed by atoms with Crippen LogP contribution in [0, 0.1) is 13.8 Å². The van der Waals surface area contributed by atoms with Gasteiger partial charge in [-0.1, -0.05) is 23.7 Å². The highest BCUT2D eigenvalue weighted by molar-refractivity contribution is 7.89. The molecule has 1 heterocycles. The molecular formula is C22H27ClN4O4S. The van der Waals surface area contributed by atoms with E-state index in [4.69, 9.17) is 11.6 Å². The Morgan fingerprint density at radius 1 is 0.969 bits per heavy atom.